The summed E-state index contributed by atoms with van der Waals surface area (Å²) in [4.78, 5) is 11.5. The first kappa shape index (κ1) is 11.7. The Morgan fingerprint density at radius 2 is 1.81 bits per heavy atom. The topological polar surface area (TPSA) is 17.1 Å². The van der Waals surface area contributed by atoms with E-state index in [2.05, 4.69) is 39.8 Å². The third-order valence-electron chi connectivity index (χ3n) is 4.49. The molecule has 0 aliphatic heterocycles. The Bertz CT molecular complexity index is 450. The molecule has 2 heteroatoms. The van der Waals surface area contributed by atoms with Gasteiger partial charge < -0.3 is 0 Å². The number of rotatable bonds is 2. The second kappa shape index (κ2) is 3.33. The predicted molar refractivity (Wildman–Crippen MR) is 66.7 cm³/mol. The van der Waals surface area contributed by atoms with Crippen LogP contribution in [0.1, 0.15) is 31.9 Å². The Morgan fingerprint density at radius 1 is 1.25 bits per heavy atom. The molecule has 2 unspecified atom stereocenters. The van der Waals surface area contributed by atoms with Crippen molar-refractivity contribution in [3.05, 3.63) is 35.4 Å². The Labute approximate surface area is 102 Å². The molecule has 86 valence electrons. The zero-order valence-electron chi connectivity index (χ0n) is 10.2. The van der Waals surface area contributed by atoms with E-state index in [0.717, 1.165) is 0 Å². The summed E-state index contributed by atoms with van der Waals surface area (Å²) in [5.74, 6) is -0.0669. The van der Waals surface area contributed by atoms with Crippen LogP contribution in [0.3, 0.4) is 0 Å². The van der Waals surface area contributed by atoms with E-state index in [1.165, 1.54) is 11.1 Å². The second-order valence-electron chi connectivity index (χ2n) is 5.48. The third kappa shape index (κ3) is 1.27. The maximum absolute atomic E-state index is 11.5. The van der Waals surface area contributed by atoms with Gasteiger partial charge in [0.15, 0.2) is 0 Å². The van der Waals surface area contributed by atoms with Crippen LogP contribution in [0.15, 0.2) is 24.3 Å². The first-order valence-electron chi connectivity index (χ1n) is 5.59. The number of carbonyl (C=O) groups is 1. The fourth-order valence-electron chi connectivity index (χ4n) is 3.15. The Morgan fingerprint density at radius 3 is 2.25 bits per heavy atom. The van der Waals surface area contributed by atoms with Gasteiger partial charge in [-0.05, 0) is 35.1 Å². The maximum atomic E-state index is 11.5. The van der Waals surface area contributed by atoms with E-state index in [-0.39, 0.29) is 22.0 Å². The highest BCUT2D eigenvalue weighted by atomic mass is 35.5. The number of hydrogen-bond donors (Lipinski definition) is 0. The van der Waals surface area contributed by atoms with Gasteiger partial charge >= 0.3 is 0 Å². The summed E-state index contributed by atoms with van der Waals surface area (Å²) >= 11 is 5.71. The van der Waals surface area contributed by atoms with Crippen molar-refractivity contribution in [1.82, 2.24) is 0 Å². The summed E-state index contributed by atoms with van der Waals surface area (Å²) in [7, 11) is 0. The highest BCUT2D eigenvalue weighted by molar-refractivity contribution is 6.64. The van der Waals surface area contributed by atoms with E-state index in [1.807, 2.05) is 12.1 Å². The molecule has 0 amide bonds. The van der Waals surface area contributed by atoms with Crippen LogP contribution in [0.5, 0.6) is 0 Å². The molecule has 2 atom stereocenters. The molecular weight excluding hydrogens is 220 g/mol. The van der Waals surface area contributed by atoms with Crippen molar-refractivity contribution in [1.29, 1.82) is 0 Å². The van der Waals surface area contributed by atoms with Gasteiger partial charge in [0, 0.05) is 11.3 Å². The molecule has 1 aliphatic carbocycles. The van der Waals surface area contributed by atoms with Crippen molar-refractivity contribution >= 4 is 16.8 Å². The van der Waals surface area contributed by atoms with Crippen LogP contribution in [0.4, 0.5) is 0 Å². The Hall–Kier alpha value is -0.820. The lowest BCUT2D eigenvalue weighted by atomic mass is 9.87. The molecule has 0 N–H and O–H groups in total. The molecule has 0 radical (unpaired) electrons. The van der Waals surface area contributed by atoms with Crippen molar-refractivity contribution < 1.29 is 4.79 Å². The van der Waals surface area contributed by atoms with Gasteiger partial charge in [0.25, 0.3) is 0 Å². The van der Waals surface area contributed by atoms with Crippen molar-refractivity contribution in [2.75, 3.05) is 0 Å². The smallest absolute Gasteiger partial charge is 0.226 e. The largest absolute Gasteiger partial charge is 0.281 e. The summed E-state index contributed by atoms with van der Waals surface area (Å²) in [6.45, 7) is 8.46. The molecule has 0 heterocycles. The van der Waals surface area contributed by atoms with Crippen LogP contribution in [-0.2, 0) is 10.2 Å². The lowest BCUT2D eigenvalue weighted by molar-refractivity contribution is -0.113. The van der Waals surface area contributed by atoms with Crippen LogP contribution in [0, 0.1) is 18.3 Å². The number of benzene rings is 1. The van der Waals surface area contributed by atoms with E-state index in [4.69, 9.17) is 11.6 Å². The minimum absolute atomic E-state index is 0.0437. The van der Waals surface area contributed by atoms with Crippen LogP contribution >= 0.6 is 11.6 Å². The average Bonchev–Trinajstić information content (AvgIpc) is 2.62. The van der Waals surface area contributed by atoms with Crippen molar-refractivity contribution in [2.24, 2.45) is 11.3 Å². The van der Waals surface area contributed by atoms with E-state index in [1.54, 1.807) is 0 Å². The van der Waals surface area contributed by atoms with E-state index >= 15 is 0 Å². The molecule has 1 aliphatic rings. The summed E-state index contributed by atoms with van der Waals surface area (Å²) < 4.78 is 0. The summed E-state index contributed by atoms with van der Waals surface area (Å²) in [5.41, 5.74) is 2.33. The molecule has 1 fully saturated rings. The standard InChI is InChI=1S/C14H17ClO/c1-9-7-5-6-8-10(9)14(4)11(12(15)16)13(14,2)3/h5-8,11H,1-4H3. The lowest BCUT2D eigenvalue weighted by Gasteiger charge is -2.17. The molecule has 1 aromatic rings. The summed E-state index contributed by atoms with van der Waals surface area (Å²) in [5, 5.41) is -0.212. The second-order valence-corrected chi connectivity index (χ2v) is 5.85. The van der Waals surface area contributed by atoms with Gasteiger partial charge in [-0.1, -0.05) is 45.0 Å². The fraction of sp³-hybridized carbons (Fsp3) is 0.500. The zero-order chi connectivity index (χ0) is 12.1. The van der Waals surface area contributed by atoms with Gasteiger partial charge in [-0.25, -0.2) is 0 Å². The molecule has 0 saturated heterocycles. The number of aryl methyl sites for hydroxylation is 1. The van der Waals surface area contributed by atoms with E-state index in [9.17, 15) is 4.79 Å². The first-order valence-corrected chi connectivity index (χ1v) is 5.96. The van der Waals surface area contributed by atoms with Crippen molar-refractivity contribution in [3.8, 4) is 0 Å². The van der Waals surface area contributed by atoms with Gasteiger partial charge in [-0.3, -0.25) is 4.79 Å². The molecule has 0 spiro atoms. The Balaban J connectivity index is 2.51. The maximum Gasteiger partial charge on any atom is 0.226 e. The van der Waals surface area contributed by atoms with Crippen LogP contribution in [0.25, 0.3) is 0 Å². The van der Waals surface area contributed by atoms with Gasteiger partial charge in [0.05, 0.1) is 0 Å². The molecule has 1 nitrogen and oxygen atoms in total. The van der Waals surface area contributed by atoms with Crippen LogP contribution < -0.4 is 0 Å². The minimum Gasteiger partial charge on any atom is -0.281 e. The average molecular weight is 237 g/mol. The third-order valence-corrected chi connectivity index (χ3v) is 4.70. The molecule has 2 rings (SSSR count). The van der Waals surface area contributed by atoms with E-state index < -0.39 is 0 Å². The Kier molecular flexibility index (Phi) is 2.43. The molecule has 1 saturated carbocycles. The number of carbonyl (C=O) groups excluding carboxylic acids is 1. The zero-order valence-corrected chi connectivity index (χ0v) is 10.9. The number of hydrogen-bond acceptors (Lipinski definition) is 1. The predicted octanol–water partition coefficient (Wildman–Crippen LogP) is 3.67. The fourth-order valence-corrected chi connectivity index (χ4v) is 3.64. The number of halogens is 1. The van der Waals surface area contributed by atoms with Crippen molar-refractivity contribution in [2.45, 2.75) is 33.1 Å². The highest BCUT2D eigenvalue weighted by Crippen LogP contribution is 2.70. The summed E-state index contributed by atoms with van der Waals surface area (Å²) in [6.07, 6.45) is 0. The van der Waals surface area contributed by atoms with Gasteiger partial charge in [-0.2, -0.15) is 0 Å². The first-order chi connectivity index (χ1) is 7.33. The normalized spacial score (nSPS) is 31.2. The molecular formula is C14H17ClO. The lowest BCUT2D eigenvalue weighted by Crippen LogP contribution is -2.12. The van der Waals surface area contributed by atoms with E-state index in [0.29, 0.717) is 0 Å². The van der Waals surface area contributed by atoms with Crippen molar-refractivity contribution in [3.63, 3.8) is 0 Å². The molecule has 0 aromatic heterocycles. The quantitative estimate of drug-likeness (QED) is 0.716. The monoisotopic (exact) mass is 236 g/mol. The molecule has 16 heavy (non-hydrogen) atoms. The molecule has 1 aromatic carbocycles. The van der Waals surface area contributed by atoms with Crippen LogP contribution in [-0.4, -0.2) is 5.24 Å². The molecule has 0 bridgehead atoms. The van der Waals surface area contributed by atoms with Gasteiger partial charge in [0.1, 0.15) is 0 Å². The van der Waals surface area contributed by atoms with Gasteiger partial charge in [0.2, 0.25) is 5.24 Å². The van der Waals surface area contributed by atoms with Crippen LogP contribution in [0.2, 0.25) is 0 Å². The highest BCUT2D eigenvalue weighted by Gasteiger charge is 2.71. The minimum atomic E-state index is -0.212. The SMILES string of the molecule is Cc1ccccc1C1(C)C(C(=O)Cl)C1(C)C. The summed E-state index contributed by atoms with van der Waals surface area (Å²) in [6, 6.07) is 8.24. The van der Waals surface area contributed by atoms with Gasteiger partial charge in [-0.15, -0.1) is 0 Å².